The van der Waals surface area contributed by atoms with E-state index in [1.807, 2.05) is 31.2 Å². The molecule has 0 saturated heterocycles. The third-order valence-corrected chi connectivity index (χ3v) is 5.89. The second kappa shape index (κ2) is 7.98. The Balaban J connectivity index is 1.51. The number of hydrogen-bond donors (Lipinski definition) is 1. The van der Waals surface area contributed by atoms with Crippen LogP contribution in [0.25, 0.3) is 21.8 Å². The van der Waals surface area contributed by atoms with E-state index in [2.05, 4.69) is 15.0 Å². The van der Waals surface area contributed by atoms with E-state index in [-0.39, 0.29) is 17.2 Å². The molecule has 1 N–H and O–H groups in total. The highest BCUT2D eigenvalue weighted by Gasteiger charge is 2.18. The summed E-state index contributed by atoms with van der Waals surface area (Å²) in [5.74, 6) is 0.788. The Kier molecular flexibility index (Phi) is 5.02. The fourth-order valence-electron chi connectivity index (χ4n) is 4.38. The monoisotopic (exact) mass is 415 g/mol. The number of imidazole rings is 1. The Hall–Kier alpha value is -3.48. The van der Waals surface area contributed by atoms with Crippen molar-refractivity contribution in [2.24, 2.45) is 0 Å². The maximum Gasteiger partial charge on any atom is 0.276 e. The van der Waals surface area contributed by atoms with E-state index in [9.17, 15) is 9.59 Å². The van der Waals surface area contributed by atoms with Crippen LogP contribution in [0.15, 0.2) is 47.3 Å². The third kappa shape index (κ3) is 3.50. The molecule has 31 heavy (non-hydrogen) atoms. The lowest BCUT2D eigenvalue weighted by Crippen LogP contribution is -2.27. The van der Waals surface area contributed by atoms with Gasteiger partial charge in [0.2, 0.25) is 0 Å². The number of nitrogens with zero attached hydrogens (tertiary/aromatic N) is 4. The molecule has 0 spiro atoms. The molecule has 0 fully saturated rings. The molecule has 1 aliphatic heterocycles. The zero-order valence-corrected chi connectivity index (χ0v) is 17.6. The first-order chi connectivity index (χ1) is 15.2. The van der Waals surface area contributed by atoms with E-state index < -0.39 is 0 Å². The Bertz CT molecular complexity index is 1350. The molecular weight excluding hydrogens is 390 g/mol. The van der Waals surface area contributed by atoms with Crippen molar-refractivity contribution in [3.63, 3.8) is 0 Å². The standard InChI is InChI=1S/C24H25N5O2/c1-2-13-29-24(31)18-9-6-5-8-17(18)22(27-29)23(30)25-16-11-12-20-19(15-16)26-21-10-4-3-7-14-28(20)21/h5-6,8-9,11-12,15H,2-4,7,10,13-14H2,1H3,(H,25,30). The zero-order valence-electron chi connectivity index (χ0n) is 17.6. The van der Waals surface area contributed by atoms with Crippen LogP contribution in [0.3, 0.4) is 0 Å². The van der Waals surface area contributed by atoms with Crippen LogP contribution in [0.4, 0.5) is 5.69 Å². The summed E-state index contributed by atoms with van der Waals surface area (Å²) in [6.45, 7) is 3.44. The van der Waals surface area contributed by atoms with Crippen LogP contribution in [-0.2, 0) is 19.5 Å². The van der Waals surface area contributed by atoms with E-state index in [4.69, 9.17) is 4.98 Å². The highest BCUT2D eigenvalue weighted by atomic mass is 16.2. The molecular formula is C24H25N5O2. The number of aryl methyl sites for hydroxylation is 3. The van der Waals surface area contributed by atoms with Crippen LogP contribution < -0.4 is 10.9 Å². The van der Waals surface area contributed by atoms with Gasteiger partial charge in [-0.3, -0.25) is 9.59 Å². The van der Waals surface area contributed by atoms with Crippen LogP contribution in [0, 0.1) is 0 Å². The number of nitrogens with one attached hydrogen (secondary N) is 1. The summed E-state index contributed by atoms with van der Waals surface area (Å²) in [6.07, 6.45) is 5.32. The normalized spacial score (nSPS) is 13.8. The van der Waals surface area contributed by atoms with Gasteiger partial charge >= 0.3 is 0 Å². The minimum absolute atomic E-state index is 0.171. The van der Waals surface area contributed by atoms with Gasteiger partial charge in [0, 0.05) is 30.6 Å². The molecule has 0 bridgehead atoms. The lowest BCUT2D eigenvalue weighted by molar-refractivity contribution is 0.102. The molecule has 0 atom stereocenters. The largest absolute Gasteiger partial charge is 0.328 e. The summed E-state index contributed by atoms with van der Waals surface area (Å²) in [6, 6.07) is 13.0. The summed E-state index contributed by atoms with van der Waals surface area (Å²) in [5, 5.41) is 8.41. The van der Waals surface area contributed by atoms with E-state index in [1.165, 1.54) is 23.9 Å². The topological polar surface area (TPSA) is 81.8 Å². The third-order valence-electron chi connectivity index (χ3n) is 5.89. The summed E-state index contributed by atoms with van der Waals surface area (Å²) >= 11 is 0. The van der Waals surface area contributed by atoms with Crippen LogP contribution >= 0.6 is 0 Å². The summed E-state index contributed by atoms with van der Waals surface area (Å²) in [4.78, 5) is 30.6. The number of benzene rings is 2. The lowest BCUT2D eigenvalue weighted by Gasteiger charge is -2.11. The molecule has 1 aliphatic rings. The van der Waals surface area contributed by atoms with Crippen LogP contribution in [-0.4, -0.2) is 25.2 Å². The van der Waals surface area contributed by atoms with Crippen molar-refractivity contribution in [3.8, 4) is 0 Å². The fourth-order valence-corrected chi connectivity index (χ4v) is 4.38. The van der Waals surface area contributed by atoms with Crippen LogP contribution in [0.1, 0.15) is 48.9 Å². The Morgan fingerprint density at radius 2 is 1.94 bits per heavy atom. The number of hydrogen-bond acceptors (Lipinski definition) is 4. The molecule has 4 aromatic rings. The lowest BCUT2D eigenvalue weighted by atomic mass is 10.1. The fraction of sp³-hybridized carbons (Fsp3) is 0.333. The van der Waals surface area contributed by atoms with Crippen LogP contribution in [0.5, 0.6) is 0 Å². The molecule has 7 nitrogen and oxygen atoms in total. The predicted octanol–water partition coefficient (Wildman–Crippen LogP) is 4.13. The molecule has 2 aromatic heterocycles. The molecule has 0 aliphatic carbocycles. The average molecular weight is 415 g/mol. The first-order valence-corrected chi connectivity index (χ1v) is 11.0. The second-order valence-corrected chi connectivity index (χ2v) is 8.07. The number of aromatic nitrogens is 4. The van der Waals surface area contributed by atoms with Crippen molar-refractivity contribution in [1.29, 1.82) is 0 Å². The maximum absolute atomic E-state index is 13.2. The van der Waals surface area contributed by atoms with Crippen molar-refractivity contribution in [2.45, 2.75) is 52.1 Å². The van der Waals surface area contributed by atoms with Gasteiger partial charge in [-0.1, -0.05) is 31.5 Å². The quantitative estimate of drug-likeness (QED) is 0.543. The first-order valence-electron chi connectivity index (χ1n) is 11.0. The average Bonchev–Trinajstić information content (AvgIpc) is 2.95. The highest BCUT2D eigenvalue weighted by Crippen LogP contribution is 2.25. The van der Waals surface area contributed by atoms with Crippen molar-refractivity contribution in [3.05, 3.63) is 64.3 Å². The molecule has 0 radical (unpaired) electrons. The molecule has 0 unspecified atom stereocenters. The van der Waals surface area contributed by atoms with Gasteiger partial charge in [0.05, 0.1) is 16.4 Å². The van der Waals surface area contributed by atoms with Gasteiger partial charge in [0.1, 0.15) is 5.82 Å². The molecule has 158 valence electrons. The van der Waals surface area contributed by atoms with Gasteiger partial charge in [-0.25, -0.2) is 9.67 Å². The number of carbonyl (C=O) groups is 1. The van der Waals surface area contributed by atoms with Gasteiger partial charge in [-0.2, -0.15) is 5.10 Å². The van der Waals surface area contributed by atoms with E-state index >= 15 is 0 Å². The van der Waals surface area contributed by atoms with Crippen LogP contribution in [0.2, 0.25) is 0 Å². The van der Waals surface area contributed by atoms with Crippen molar-refractivity contribution in [1.82, 2.24) is 19.3 Å². The van der Waals surface area contributed by atoms with Crippen molar-refractivity contribution >= 4 is 33.4 Å². The molecule has 3 heterocycles. The number of fused-ring (bicyclic) bond motifs is 4. The smallest absolute Gasteiger partial charge is 0.276 e. The molecule has 0 saturated carbocycles. The summed E-state index contributed by atoms with van der Waals surface area (Å²) in [5.41, 5.74) is 2.75. The molecule has 7 heteroatoms. The molecule has 5 rings (SSSR count). The molecule has 2 aromatic carbocycles. The van der Waals surface area contributed by atoms with E-state index in [0.717, 1.165) is 36.2 Å². The summed E-state index contributed by atoms with van der Waals surface area (Å²) < 4.78 is 3.68. The van der Waals surface area contributed by atoms with Gasteiger partial charge in [-0.05, 0) is 43.5 Å². The molecule has 1 amide bonds. The number of rotatable bonds is 4. The minimum Gasteiger partial charge on any atom is -0.328 e. The van der Waals surface area contributed by atoms with Gasteiger partial charge in [0.15, 0.2) is 5.69 Å². The van der Waals surface area contributed by atoms with Crippen molar-refractivity contribution in [2.75, 3.05) is 5.32 Å². The van der Waals surface area contributed by atoms with Crippen molar-refractivity contribution < 1.29 is 4.79 Å². The number of carbonyl (C=O) groups excluding carboxylic acids is 1. The van der Waals surface area contributed by atoms with Gasteiger partial charge < -0.3 is 9.88 Å². The Morgan fingerprint density at radius 3 is 2.77 bits per heavy atom. The SMILES string of the molecule is CCCn1nc(C(=O)Nc2ccc3c(c2)nc2n3CCCCC2)c2ccccc2c1=O. The Labute approximate surface area is 179 Å². The zero-order chi connectivity index (χ0) is 21.4. The first kappa shape index (κ1) is 19.5. The van der Waals surface area contributed by atoms with Gasteiger partial charge in [0.25, 0.3) is 11.5 Å². The highest BCUT2D eigenvalue weighted by molar-refractivity contribution is 6.11. The van der Waals surface area contributed by atoms with E-state index in [1.54, 1.807) is 18.2 Å². The Morgan fingerprint density at radius 1 is 1.10 bits per heavy atom. The number of anilines is 1. The second-order valence-electron chi connectivity index (χ2n) is 8.07. The number of amides is 1. The predicted molar refractivity (Wildman–Crippen MR) is 122 cm³/mol. The van der Waals surface area contributed by atoms with Gasteiger partial charge in [-0.15, -0.1) is 0 Å². The summed E-state index contributed by atoms with van der Waals surface area (Å²) in [7, 11) is 0. The van der Waals surface area contributed by atoms with E-state index in [0.29, 0.717) is 23.0 Å². The minimum atomic E-state index is -0.332. The maximum atomic E-state index is 13.2.